The Morgan fingerprint density at radius 3 is 2.37 bits per heavy atom. The zero-order chi connectivity index (χ0) is 20.8. The van der Waals surface area contributed by atoms with Gasteiger partial charge in [-0.15, -0.1) is 0 Å². The first-order valence-corrected chi connectivity index (χ1v) is 9.70. The number of aromatic amines is 1. The van der Waals surface area contributed by atoms with Gasteiger partial charge in [-0.1, -0.05) is 60.7 Å². The molecule has 2 heterocycles. The van der Waals surface area contributed by atoms with Gasteiger partial charge in [-0.3, -0.25) is 9.69 Å². The van der Waals surface area contributed by atoms with Gasteiger partial charge in [-0.2, -0.15) is 0 Å². The van der Waals surface area contributed by atoms with E-state index in [4.69, 9.17) is 4.74 Å². The fourth-order valence-corrected chi connectivity index (χ4v) is 3.33. The zero-order valence-corrected chi connectivity index (χ0v) is 16.3. The Hall–Kier alpha value is -3.87. The smallest absolute Gasteiger partial charge is 0.414 e. The highest BCUT2D eigenvalue weighted by Crippen LogP contribution is 2.20. The summed E-state index contributed by atoms with van der Waals surface area (Å²) in [6.07, 6.45) is 6.30. The summed E-state index contributed by atoms with van der Waals surface area (Å²) in [5.74, 6) is -0.174. The van der Waals surface area contributed by atoms with Crippen LogP contribution in [0.15, 0.2) is 85.6 Å². The van der Waals surface area contributed by atoms with E-state index in [0.29, 0.717) is 13.0 Å². The summed E-state index contributed by atoms with van der Waals surface area (Å²) >= 11 is 0. The molecule has 4 rings (SSSR count). The van der Waals surface area contributed by atoms with Crippen LogP contribution in [0.25, 0.3) is 0 Å². The molecule has 30 heavy (non-hydrogen) atoms. The van der Waals surface area contributed by atoms with Crippen molar-refractivity contribution in [3.63, 3.8) is 0 Å². The maximum Gasteiger partial charge on any atom is 0.414 e. The predicted octanol–water partition coefficient (Wildman–Crippen LogP) is 3.47. The Morgan fingerprint density at radius 1 is 1.00 bits per heavy atom. The molecule has 2 aromatic carbocycles. The number of hydrogen-bond acceptors (Lipinski definition) is 4. The summed E-state index contributed by atoms with van der Waals surface area (Å²) in [5.41, 5.74) is 2.67. The van der Waals surface area contributed by atoms with Gasteiger partial charge in [0.25, 0.3) is 5.91 Å². The molecule has 7 heteroatoms. The highest BCUT2D eigenvalue weighted by Gasteiger charge is 2.35. The minimum absolute atomic E-state index is 0.147. The number of carbonyl (C=O) groups is 2. The number of nitrogens with one attached hydrogen (secondary N) is 1. The second-order valence-corrected chi connectivity index (χ2v) is 6.99. The van der Waals surface area contributed by atoms with Crippen LogP contribution in [0.4, 0.5) is 4.79 Å². The largest absolute Gasteiger partial charge is 0.444 e. The minimum atomic E-state index is -0.691. The number of H-pyrrole nitrogens is 1. The van der Waals surface area contributed by atoms with E-state index in [-0.39, 0.29) is 12.5 Å². The lowest BCUT2D eigenvalue weighted by molar-refractivity contribution is -0.135. The van der Waals surface area contributed by atoms with Crippen LogP contribution in [0.3, 0.4) is 0 Å². The van der Waals surface area contributed by atoms with Crippen molar-refractivity contribution in [3.05, 3.63) is 102 Å². The third-order valence-corrected chi connectivity index (χ3v) is 4.89. The SMILES string of the molecule is O=C1[C@H](Cc2ccccc2)N(C(=O)OCc2ccccc2)C=CN1Cc1cnc[nH]1. The lowest BCUT2D eigenvalue weighted by Gasteiger charge is -2.35. The van der Waals surface area contributed by atoms with Crippen LogP contribution in [0.5, 0.6) is 0 Å². The Balaban J connectivity index is 1.52. The average Bonchev–Trinajstić information content (AvgIpc) is 3.29. The fraction of sp³-hybridized carbons (Fsp3) is 0.174. The standard InChI is InChI=1S/C23H22N4O3/c28-22-21(13-18-7-3-1-4-8-18)27(12-11-26(22)15-20-14-24-17-25-20)23(29)30-16-19-9-5-2-6-10-19/h1-12,14,17,21H,13,15-16H2,(H,24,25)/t21-/m0/s1. The third-order valence-electron chi connectivity index (χ3n) is 4.89. The first kappa shape index (κ1) is 19.4. The molecule has 0 unspecified atom stereocenters. The number of imidazole rings is 1. The van der Waals surface area contributed by atoms with Crippen molar-refractivity contribution in [2.24, 2.45) is 0 Å². The summed E-state index contributed by atoms with van der Waals surface area (Å²) in [4.78, 5) is 36.0. The molecule has 1 aliphatic rings. The molecule has 1 aromatic heterocycles. The summed E-state index contributed by atoms with van der Waals surface area (Å²) < 4.78 is 5.47. The molecule has 0 radical (unpaired) electrons. The Labute approximate surface area is 174 Å². The highest BCUT2D eigenvalue weighted by molar-refractivity contribution is 5.88. The van der Waals surface area contributed by atoms with E-state index in [1.54, 1.807) is 29.8 Å². The molecule has 0 aliphatic carbocycles. The fourth-order valence-electron chi connectivity index (χ4n) is 3.33. The van der Waals surface area contributed by atoms with E-state index in [1.165, 1.54) is 4.90 Å². The summed E-state index contributed by atoms with van der Waals surface area (Å²) in [6.45, 7) is 0.502. The van der Waals surface area contributed by atoms with Crippen LogP contribution in [0, 0.1) is 0 Å². The molecule has 0 bridgehead atoms. The monoisotopic (exact) mass is 402 g/mol. The Bertz CT molecular complexity index is 1000. The molecular formula is C23H22N4O3. The van der Waals surface area contributed by atoms with Crippen molar-refractivity contribution in [2.75, 3.05) is 0 Å². The molecule has 152 valence electrons. The molecule has 2 amide bonds. The first-order chi connectivity index (χ1) is 14.7. The second kappa shape index (κ2) is 9.09. The van der Waals surface area contributed by atoms with Gasteiger partial charge < -0.3 is 14.6 Å². The van der Waals surface area contributed by atoms with Crippen molar-refractivity contribution >= 4 is 12.0 Å². The van der Waals surface area contributed by atoms with Crippen LogP contribution in [-0.2, 0) is 29.1 Å². The summed E-state index contributed by atoms with van der Waals surface area (Å²) in [5, 5.41) is 0. The number of ether oxygens (including phenoxy) is 1. The average molecular weight is 402 g/mol. The second-order valence-electron chi connectivity index (χ2n) is 6.99. The molecule has 1 aliphatic heterocycles. The van der Waals surface area contributed by atoms with Crippen molar-refractivity contribution in [2.45, 2.75) is 25.6 Å². The predicted molar refractivity (Wildman–Crippen MR) is 111 cm³/mol. The number of nitrogens with zero attached hydrogens (tertiary/aromatic N) is 3. The van der Waals surface area contributed by atoms with Gasteiger partial charge in [-0.25, -0.2) is 9.78 Å². The molecule has 0 spiro atoms. The maximum atomic E-state index is 13.2. The van der Waals surface area contributed by atoms with Crippen molar-refractivity contribution in [1.29, 1.82) is 0 Å². The molecular weight excluding hydrogens is 380 g/mol. The van der Waals surface area contributed by atoms with E-state index in [0.717, 1.165) is 16.8 Å². The van der Waals surface area contributed by atoms with Crippen molar-refractivity contribution < 1.29 is 14.3 Å². The van der Waals surface area contributed by atoms with Crippen LogP contribution in [0.1, 0.15) is 16.8 Å². The van der Waals surface area contributed by atoms with E-state index in [2.05, 4.69) is 9.97 Å². The lowest BCUT2D eigenvalue weighted by atomic mass is 10.0. The molecule has 3 aromatic rings. The molecule has 1 N–H and O–H groups in total. The van der Waals surface area contributed by atoms with Gasteiger partial charge in [0.2, 0.25) is 0 Å². The normalized spacial score (nSPS) is 16.0. The molecule has 0 saturated carbocycles. The minimum Gasteiger partial charge on any atom is -0.444 e. The maximum absolute atomic E-state index is 13.2. The molecule has 1 atom stereocenters. The zero-order valence-electron chi connectivity index (χ0n) is 16.3. The van der Waals surface area contributed by atoms with E-state index in [9.17, 15) is 9.59 Å². The summed E-state index contributed by atoms with van der Waals surface area (Å²) in [7, 11) is 0. The van der Waals surface area contributed by atoms with Gasteiger partial charge in [0, 0.05) is 25.0 Å². The number of hydrogen-bond donors (Lipinski definition) is 1. The van der Waals surface area contributed by atoms with Gasteiger partial charge in [0.05, 0.1) is 18.6 Å². The Morgan fingerprint density at radius 2 is 1.70 bits per heavy atom. The molecule has 0 fully saturated rings. The van der Waals surface area contributed by atoms with E-state index >= 15 is 0 Å². The number of benzene rings is 2. The molecule has 0 saturated heterocycles. The number of aromatic nitrogens is 2. The van der Waals surface area contributed by atoms with Crippen molar-refractivity contribution in [3.8, 4) is 0 Å². The van der Waals surface area contributed by atoms with Gasteiger partial charge in [-0.05, 0) is 11.1 Å². The van der Waals surface area contributed by atoms with E-state index in [1.807, 2.05) is 60.7 Å². The van der Waals surface area contributed by atoms with Gasteiger partial charge >= 0.3 is 6.09 Å². The third kappa shape index (κ3) is 4.57. The quantitative estimate of drug-likeness (QED) is 0.685. The first-order valence-electron chi connectivity index (χ1n) is 9.70. The summed E-state index contributed by atoms with van der Waals surface area (Å²) in [6, 6.07) is 18.4. The van der Waals surface area contributed by atoms with Gasteiger partial charge in [0.1, 0.15) is 12.6 Å². The van der Waals surface area contributed by atoms with E-state index < -0.39 is 12.1 Å². The van der Waals surface area contributed by atoms with Crippen molar-refractivity contribution in [1.82, 2.24) is 19.8 Å². The number of carbonyl (C=O) groups excluding carboxylic acids is 2. The van der Waals surface area contributed by atoms with Gasteiger partial charge in [0.15, 0.2) is 0 Å². The number of amides is 2. The Kier molecular flexibility index (Phi) is 5.89. The topological polar surface area (TPSA) is 78.5 Å². The molecule has 7 nitrogen and oxygen atoms in total. The van der Waals surface area contributed by atoms with Crippen LogP contribution >= 0.6 is 0 Å². The lowest BCUT2D eigenvalue weighted by Crippen LogP contribution is -2.51. The van der Waals surface area contributed by atoms with Crippen LogP contribution in [0.2, 0.25) is 0 Å². The highest BCUT2D eigenvalue weighted by atomic mass is 16.6. The van der Waals surface area contributed by atoms with Crippen LogP contribution in [-0.4, -0.2) is 37.8 Å². The number of rotatable bonds is 6. The van der Waals surface area contributed by atoms with Crippen LogP contribution < -0.4 is 0 Å².